The Bertz CT molecular complexity index is 691. The van der Waals surface area contributed by atoms with Crippen molar-refractivity contribution in [3.63, 3.8) is 0 Å². The highest BCUT2D eigenvalue weighted by Crippen LogP contribution is 2.44. The number of rotatable bonds is 2. The molecule has 0 saturated carbocycles. The van der Waals surface area contributed by atoms with Crippen molar-refractivity contribution in [1.82, 2.24) is 14.9 Å². The molecule has 2 unspecified atom stereocenters. The van der Waals surface area contributed by atoms with E-state index in [1.165, 1.54) is 17.7 Å². The molecule has 2 aliphatic rings. The molecule has 21 heavy (non-hydrogen) atoms. The number of aromatic hydroxyl groups is 1. The molecule has 4 rings (SSSR count). The number of fused-ring (bicyclic) bond motifs is 4. The highest BCUT2D eigenvalue weighted by atomic mass is 35.5. The Balaban J connectivity index is 1.67. The Kier molecular flexibility index (Phi) is 3.08. The van der Waals surface area contributed by atoms with Crippen molar-refractivity contribution in [2.24, 2.45) is 0 Å². The first-order valence-electron chi connectivity index (χ1n) is 7.24. The van der Waals surface area contributed by atoms with Gasteiger partial charge in [0.1, 0.15) is 12.1 Å². The zero-order valence-corrected chi connectivity index (χ0v) is 12.3. The lowest BCUT2D eigenvalue weighted by Crippen LogP contribution is -2.37. The largest absolute Gasteiger partial charge is 0.508 e. The topological polar surface area (TPSA) is 49.2 Å². The fraction of sp³-hybridized carbons (Fsp3) is 0.375. The Hall–Kier alpha value is -1.65. The average molecular weight is 302 g/mol. The van der Waals surface area contributed by atoms with Gasteiger partial charge in [0.2, 0.25) is 0 Å². The van der Waals surface area contributed by atoms with Gasteiger partial charge in [-0.2, -0.15) is 0 Å². The van der Waals surface area contributed by atoms with Gasteiger partial charge in [0.05, 0.1) is 5.69 Å². The van der Waals surface area contributed by atoms with Crippen molar-refractivity contribution in [1.29, 1.82) is 0 Å². The molecule has 3 heterocycles. The molecule has 1 N–H and O–H groups in total. The molecule has 2 aliphatic heterocycles. The van der Waals surface area contributed by atoms with Crippen LogP contribution < -0.4 is 0 Å². The molecule has 2 aromatic rings. The second kappa shape index (κ2) is 4.97. The number of benzene rings is 1. The molecule has 5 heteroatoms. The second-order valence-corrected chi connectivity index (χ2v) is 6.26. The zero-order valence-electron chi connectivity index (χ0n) is 11.5. The van der Waals surface area contributed by atoms with E-state index in [1.807, 2.05) is 12.3 Å². The van der Waals surface area contributed by atoms with Crippen LogP contribution in [0.4, 0.5) is 0 Å². The zero-order chi connectivity index (χ0) is 14.4. The highest BCUT2D eigenvalue weighted by molar-refractivity contribution is 6.30. The summed E-state index contributed by atoms with van der Waals surface area (Å²) in [4.78, 5) is 11.1. The standard InChI is InChI=1S/C16H16ClN3O/c17-11-1-4-16(21)10(5-11)8-20-12-2-3-15(20)13-7-18-9-19-14(13)6-12/h1,4-5,7,9,12,15,21H,2-3,6,8H2. The van der Waals surface area contributed by atoms with Crippen LogP contribution in [0.2, 0.25) is 5.02 Å². The van der Waals surface area contributed by atoms with Crippen LogP contribution >= 0.6 is 11.6 Å². The van der Waals surface area contributed by atoms with Crippen LogP contribution in [-0.2, 0) is 13.0 Å². The summed E-state index contributed by atoms with van der Waals surface area (Å²) in [6.07, 6.45) is 6.85. The summed E-state index contributed by atoms with van der Waals surface area (Å²) in [6.45, 7) is 0.718. The van der Waals surface area contributed by atoms with Crippen LogP contribution in [0, 0.1) is 0 Å². The maximum Gasteiger partial charge on any atom is 0.120 e. The van der Waals surface area contributed by atoms with Crippen LogP contribution in [0.25, 0.3) is 0 Å². The number of phenols is 1. The molecule has 1 fully saturated rings. The Labute approximate surface area is 128 Å². The molecular formula is C16H16ClN3O. The summed E-state index contributed by atoms with van der Waals surface area (Å²) < 4.78 is 0. The number of hydrogen-bond donors (Lipinski definition) is 1. The number of hydrogen-bond acceptors (Lipinski definition) is 4. The molecule has 0 spiro atoms. The van der Waals surface area contributed by atoms with Gasteiger partial charge in [0, 0.05) is 47.4 Å². The minimum Gasteiger partial charge on any atom is -0.508 e. The minimum atomic E-state index is 0.314. The van der Waals surface area contributed by atoms with E-state index in [0.29, 0.717) is 22.9 Å². The van der Waals surface area contributed by atoms with Crippen LogP contribution in [-0.4, -0.2) is 26.0 Å². The van der Waals surface area contributed by atoms with Crippen LogP contribution in [0.3, 0.4) is 0 Å². The Morgan fingerprint density at radius 1 is 1.33 bits per heavy atom. The van der Waals surface area contributed by atoms with Gasteiger partial charge in [-0.15, -0.1) is 0 Å². The van der Waals surface area contributed by atoms with Crippen molar-refractivity contribution in [3.8, 4) is 5.75 Å². The summed E-state index contributed by atoms with van der Waals surface area (Å²) in [6, 6.07) is 6.09. The molecule has 1 aromatic carbocycles. The van der Waals surface area contributed by atoms with Gasteiger partial charge in [0.25, 0.3) is 0 Å². The predicted octanol–water partition coefficient (Wildman–Crippen LogP) is 3.10. The van der Waals surface area contributed by atoms with E-state index < -0.39 is 0 Å². The first-order valence-corrected chi connectivity index (χ1v) is 7.62. The third kappa shape index (κ3) is 2.19. The van der Waals surface area contributed by atoms with E-state index >= 15 is 0 Å². The van der Waals surface area contributed by atoms with E-state index in [4.69, 9.17) is 11.6 Å². The smallest absolute Gasteiger partial charge is 0.120 e. The maximum atomic E-state index is 10.0. The fourth-order valence-corrected chi connectivity index (χ4v) is 3.84. The lowest BCUT2D eigenvalue weighted by molar-refractivity contribution is 0.164. The normalized spacial score (nSPS) is 24.0. The molecule has 2 atom stereocenters. The molecule has 0 radical (unpaired) electrons. The van der Waals surface area contributed by atoms with E-state index in [2.05, 4.69) is 14.9 Å². The minimum absolute atomic E-state index is 0.314. The highest BCUT2D eigenvalue weighted by Gasteiger charge is 2.40. The van der Waals surface area contributed by atoms with E-state index in [-0.39, 0.29) is 0 Å². The summed E-state index contributed by atoms with van der Waals surface area (Å²) in [7, 11) is 0. The summed E-state index contributed by atoms with van der Waals surface area (Å²) in [5.41, 5.74) is 3.32. The van der Waals surface area contributed by atoms with Crippen molar-refractivity contribution in [2.45, 2.75) is 37.9 Å². The molecule has 1 saturated heterocycles. The summed E-state index contributed by atoms with van der Waals surface area (Å²) in [5, 5.41) is 10.7. The van der Waals surface area contributed by atoms with Crippen molar-refractivity contribution >= 4 is 11.6 Å². The van der Waals surface area contributed by atoms with Gasteiger partial charge in [-0.1, -0.05) is 11.6 Å². The molecule has 4 nitrogen and oxygen atoms in total. The molecular weight excluding hydrogens is 286 g/mol. The SMILES string of the molecule is Oc1ccc(Cl)cc1CN1C2CCC1c1cncnc1C2. The first-order chi connectivity index (χ1) is 10.2. The molecule has 2 bridgehead atoms. The van der Waals surface area contributed by atoms with E-state index in [0.717, 1.165) is 24.9 Å². The van der Waals surface area contributed by atoms with E-state index in [1.54, 1.807) is 18.5 Å². The lowest BCUT2D eigenvalue weighted by atomic mass is 9.98. The van der Waals surface area contributed by atoms with Gasteiger partial charge in [0.15, 0.2) is 0 Å². The maximum absolute atomic E-state index is 10.0. The Morgan fingerprint density at radius 2 is 2.24 bits per heavy atom. The van der Waals surface area contributed by atoms with Gasteiger partial charge in [-0.3, -0.25) is 4.90 Å². The van der Waals surface area contributed by atoms with Gasteiger partial charge in [-0.25, -0.2) is 9.97 Å². The summed E-state index contributed by atoms with van der Waals surface area (Å²) in [5.74, 6) is 0.314. The van der Waals surface area contributed by atoms with Crippen molar-refractivity contribution < 1.29 is 5.11 Å². The molecule has 0 amide bonds. The van der Waals surface area contributed by atoms with Gasteiger partial charge in [-0.05, 0) is 31.0 Å². The summed E-state index contributed by atoms with van der Waals surface area (Å²) >= 11 is 6.05. The predicted molar refractivity (Wildman–Crippen MR) is 80.2 cm³/mol. The molecule has 108 valence electrons. The third-order valence-corrected chi connectivity index (χ3v) is 4.89. The van der Waals surface area contributed by atoms with Crippen LogP contribution in [0.1, 0.15) is 35.7 Å². The van der Waals surface area contributed by atoms with Crippen molar-refractivity contribution in [3.05, 3.63) is 52.6 Å². The fourth-order valence-electron chi connectivity index (χ4n) is 3.64. The van der Waals surface area contributed by atoms with Crippen molar-refractivity contribution in [2.75, 3.05) is 0 Å². The number of phenolic OH excluding ortho intramolecular Hbond substituents is 1. The number of aromatic nitrogens is 2. The average Bonchev–Trinajstić information content (AvgIpc) is 2.76. The van der Waals surface area contributed by atoms with Crippen LogP contribution in [0.5, 0.6) is 5.75 Å². The molecule has 0 aliphatic carbocycles. The number of halogens is 1. The second-order valence-electron chi connectivity index (χ2n) is 5.82. The third-order valence-electron chi connectivity index (χ3n) is 4.65. The lowest BCUT2D eigenvalue weighted by Gasteiger charge is -2.35. The van der Waals surface area contributed by atoms with Crippen LogP contribution in [0.15, 0.2) is 30.7 Å². The Morgan fingerprint density at radius 3 is 3.14 bits per heavy atom. The molecule has 1 aromatic heterocycles. The monoisotopic (exact) mass is 301 g/mol. The quantitative estimate of drug-likeness (QED) is 0.926. The first kappa shape index (κ1) is 13.0. The van der Waals surface area contributed by atoms with Gasteiger partial charge >= 0.3 is 0 Å². The van der Waals surface area contributed by atoms with Gasteiger partial charge < -0.3 is 5.11 Å². The van der Waals surface area contributed by atoms with E-state index in [9.17, 15) is 5.11 Å². The number of nitrogens with zero attached hydrogens (tertiary/aromatic N) is 3.